The van der Waals surface area contributed by atoms with Gasteiger partial charge in [-0.05, 0) is 37.6 Å². The molecule has 192 valence electrons. The van der Waals surface area contributed by atoms with E-state index in [-0.39, 0.29) is 28.8 Å². The van der Waals surface area contributed by atoms with Crippen molar-refractivity contribution in [3.05, 3.63) is 59.8 Å². The maximum absolute atomic E-state index is 13.2. The Morgan fingerprint density at radius 1 is 1.31 bits per heavy atom. The van der Waals surface area contributed by atoms with Gasteiger partial charge in [-0.3, -0.25) is 18.9 Å². The van der Waals surface area contributed by atoms with E-state index in [4.69, 9.17) is 9.99 Å². The lowest BCUT2D eigenvalue weighted by atomic mass is 9.86. The molecular weight excluding hydrogens is 492 g/mol. The smallest absolute Gasteiger partial charge is 0.320 e. The first kappa shape index (κ1) is 25.8. The van der Waals surface area contributed by atoms with Crippen molar-refractivity contribution in [2.24, 2.45) is 5.92 Å². The van der Waals surface area contributed by atoms with Crippen LogP contribution in [0.3, 0.4) is 0 Å². The molecule has 0 bridgehead atoms. The number of quaternary nitrogens is 1. The average Bonchev–Trinajstić information content (AvgIpc) is 3.11. The van der Waals surface area contributed by atoms with Gasteiger partial charge in [-0.2, -0.15) is 8.42 Å². The van der Waals surface area contributed by atoms with Crippen LogP contribution in [0.4, 0.5) is 5.69 Å². The first-order valence-corrected chi connectivity index (χ1v) is 13.0. The highest BCUT2D eigenvalue weighted by Gasteiger charge is 2.63. The number of nitrogens with zero attached hydrogens (tertiary/aromatic N) is 2. The number of piperidine rings is 1. The number of ether oxygens (including phenoxy) is 1. The third-order valence-electron chi connectivity index (χ3n) is 6.84. The molecule has 1 aromatic carbocycles. The molecule has 2 amide bonds. The van der Waals surface area contributed by atoms with Gasteiger partial charge in [-0.25, -0.2) is 14.6 Å². The van der Waals surface area contributed by atoms with Crippen LogP contribution in [0.1, 0.15) is 38.2 Å². The lowest BCUT2D eigenvalue weighted by molar-refractivity contribution is -0.224. The standard InChI is InChI=1S/C24H26N2O9S/c1-4-5-6-16-22(27)17(24(29)25(23(16)28)15(3)35-30)8-10-20-26(12-11-21(26)36(31,32)33)18-13-14(2)7-9-19(18)34-20/h7-10,13,16,21H,3-6,11-12H2,1-2H3,(H-,30,31,32,33)/p+1. The van der Waals surface area contributed by atoms with Gasteiger partial charge in [0.2, 0.25) is 17.2 Å². The van der Waals surface area contributed by atoms with E-state index in [1.54, 1.807) is 18.2 Å². The number of imide groups is 1. The van der Waals surface area contributed by atoms with Crippen LogP contribution in [0.5, 0.6) is 5.75 Å². The molecule has 4 rings (SSSR count). The van der Waals surface area contributed by atoms with Gasteiger partial charge in [0.1, 0.15) is 5.92 Å². The number of benzene rings is 1. The number of hydrogen-bond donors (Lipinski definition) is 2. The van der Waals surface area contributed by atoms with Crippen LogP contribution in [0.25, 0.3) is 0 Å². The molecule has 36 heavy (non-hydrogen) atoms. The zero-order chi connectivity index (χ0) is 26.4. The molecule has 0 radical (unpaired) electrons. The summed E-state index contributed by atoms with van der Waals surface area (Å²) < 4.78 is 39.9. The molecule has 1 aromatic rings. The maximum atomic E-state index is 13.2. The Bertz CT molecular complexity index is 1330. The summed E-state index contributed by atoms with van der Waals surface area (Å²) in [6, 6.07) is 5.23. The van der Waals surface area contributed by atoms with E-state index >= 15 is 0 Å². The fraction of sp³-hybridized carbons (Fsp3) is 0.375. The number of Topliss-reactive ketones (excluding diaryl/α,β-unsaturated/α-hetero) is 1. The number of unbranched alkanes of at least 4 members (excludes halogenated alkanes) is 1. The van der Waals surface area contributed by atoms with E-state index in [9.17, 15) is 27.4 Å². The van der Waals surface area contributed by atoms with E-state index < -0.39 is 44.9 Å². The van der Waals surface area contributed by atoms with Gasteiger partial charge in [-0.15, -0.1) is 0 Å². The van der Waals surface area contributed by atoms with Crippen molar-refractivity contribution in [2.45, 2.75) is 44.9 Å². The maximum Gasteiger partial charge on any atom is 0.320 e. The summed E-state index contributed by atoms with van der Waals surface area (Å²) in [6.45, 7) is 7.38. The van der Waals surface area contributed by atoms with Crippen molar-refractivity contribution >= 4 is 33.4 Å². The molecule has 2 fully saturated rings. The number of likely N-dealkylation sites (tertiary alicyclic amines) is 1. The first-order chi connectivity index (χ1) is 17.0. The molecule has 3 heterocycles. The molecule has 3 aliphatic heterocycles. The van der Waals surface area contributed by atoms with Crippen molar-refractivity contribution < 1.29 is 42.2 Å². The lowest BCUT2D eigenvalue weighted by Crippen LogP contribution is -2.67. The molecule has 0 saturated carbocycles. The van der Waals surface area contributed by atoms with Gasteiger partial charge in [0.05, 0.1) is 18.5 Å². The quantitative estimate of drug-likeness (QED) is 0.0638. The Morgan fingerprint density at radius 2 is 2.03 bits per heavy atom. The van der Waals surface area contributed by atoms with Crippen LogP contribution in [0.15, 0.2) is 54.3 Å². The Labute approximate surface area is 208 Å². The second-order valence-corrected chi connectivity index (χ2v) is 10.6. The third-order valence-corrected chi connectivity index (χ3v) is 8.13. The number of carbonyl (C=O) groups is 3. The molecule has 3 aliphatic rings. The Hall–Kier alpha value is -3.32. The number of carbonyl (C=O) groups excluding carboxylic acids is 3. The van der Waals surface area contributed by atoms with E-state index in [0.717, 1.165) is 5.56 Å². The highest BCUT2D eigenvalue weighted by Crippen LogP contribution is 2.53. The minimum Gasteiger partial charge on any atom is -0.406 e. The summed E-state index contributed by atoms with van der Waals surface area (Å²) in [5.74, 6) is -3.92. The number of hydrogen-bond acceptors (Lipinski definition) is 8. The summed E-state index contributed by atoms with van der Waals surface area (Å²) in [5.41, 5.74) is 1.01. The van der Waals surface area contributed by atoms with Crippen LogP contribution in [0.2, 0.25) is 0 Å². The monoisotopic (exact) mass is 519 g/mol. The van der Waals surface area contributed by atoms with E-state index in [2.05, 4.69) is 11.5 Å². The van der Waals surface area contributed by atoms with Crippen LogP contribution < -0.4 is 9.22 Å². The van der Waals surface area contributed by atoms with Gasteiger partial charge < -0.3 is 9.62 Å². The fourth-order valence-electron chi connectivity index (χ4n) is 4.93. The van der Waals surface area contributed by atoms with Crippen molar-refractivity contribution in [1.29, 1.82) is 0 Å². The van der Waals surface area contributed by atoms with Crippen LogP contribution in [-0.2, 0) is 29.4 Å². The highest BCUT2D eigenvalue weighted by atomic mass is 32.2. The van der Waals surface area contributed by atoms with Gasteiger partial charge in [-0.1, -0.05) is 25.8 Å². The van der Waals surface area contributed by atoms with Gasteiger partial charge in [0, 0.05) is 12.1 Å². The van der Waals surface area contributed by atoms with Crippen molar-refractivity contribution in [3.63, 3.8) is 0 Å². The Kier molecular flexibility index (Phi) is 6.64. The predicted molar refractivity (Wildman–Crippen MR) is 127 cm³/mol. The van der Waals surface area contributed by atoms with E-state index in [1.165, 1.54) is 12.2 Å². The van der Waals surface area contributed by atoms with Gasteiger partial charge in [0.25, 0.3) is 5.91 Å². The second-order valence-electron chi connectivity index (χ2n) is 9.03. The van der Waals surface area contributed by atoms with E-state index in [1.807, 2.05) is 13.8 Å². The number of amides is 2. The van der Waals surface area contributed by atoms with Crippen molar-refractivity contribution in [3.8, 4) is 5.75 Å². The molecule has 2 N–H and O–H groups in total. The third kappa shape index (κ3) is 3.95. The number of rotatable bonds is 7. The molecule has 0 aromatic heterocycles. The Morgan fingerprint density at radius 3 is 2.61 bits per heavy atom. The minimum atomic E-state index is -4.47. The van der Waals surface area contributed by atoms with Crippen LogP contribution >= 0.6 is 0 Å². The molecular formula is C24H27N2O9S+. The highest BCUT2D eigenvalue weighted by molar-refractivity contribution is 7.86. The Balaban J connectivity index is 1.81. The van der Waals surface area contributed by atoms with Crippen molar-refractivity contribution in [2.75, 3.05) is 6.54 Å². The number of aryl methyl sites for hydroxylation is 1. The molecule has 0 aliphatic carbocycles. The van der Waals surface area contributed by atoms with Crippen LogP contribution in [-0.4, -0.2) is 52.6 Å². The van der Waals surface area contributed by atoms with Gasteiger partial charge in [0.15, 0.2) is 17.2 Å². The van der Waals surface area contributed by atoms with E-state index in [0.29, 0.717) is 35.7 Å². The lowest BCUT2D eigenvalue weighted by Gasteiger charge is -2.45. The largest absolute Gasteiger partial charge is 0.406 e. The van der Waals surface area contributed by atoms with Crippen LogP contribution in [0, 0.1) is 12.8 Å². The normalized spacial score (nSPS) is 27.9. The summed E-state index contributed by atoms with van der Waals surface area (Å²) in [6.07, 6.45) is 4.08. The summed E-state index contributed by atoms with van der Waals surface area (Å²) in [5, 5.41) is 7.79. The zero-order valence-corrected chi connectivity index (χ0v) is 20.7. The molecule has 2 saturated heterocycles. The predicted octanol–water partition coefficient (Wildman–Crippen LogP) is 2.79. The molecule has 3 unspecified atom stereocenters. The molecule has 1 spiro atoms. The molecule has 11 nitrogen and oxygen atoms in total. The molecule has 3 atom stereocenters. The fourth-order valence-corrected chi connectivity index (χ4v) is 6.11. The first-order valence-electron chi connectivity index (χ1n) is 11.5. The average molecular weight is 520 g/mol. The topological polar surface area (TPSA) is 148 Å². The van der Waals surface area contributed by atoms with Crippen molar-refractivity contribution in [1.82, 2.24) is 9.38 Å². The van der Waals surface area contributed by atoms with Gasteiger partial charge >= 0.3 is 16.0 Å². The summed E-state index contributed by atoms with van der Waals surface area (Å²) >= 11 is 0. The second kappa shape index (κ2) is 9.28. The minimum absolute atomic E-state index is 0.100. The number of ketones is 1. The summed E-state index contributed by atoms with van der Waals surface area (Å²) in [4.78, 5) is 43.6. The number of allylic oxidation sites excluding steroid dienone is 2. The summed E-state index contributed by atoms with van der Waals surface area (Å²) in [7, 11) is -4.47. The number of fused-ring (bicyclic) bond motifs is 2. The SMILES string of the molecule is C=C(OO)N1C(=O)C(=CC=C2Oc3ccc(C)cc3[N+]23CCC3S(=O)(=O)O)C(=O)C(CCCC)C1=O. The molecule has 12 heteroatoms. The zero-order valence-electron chi connectivity index (χ0n) is 19.8.